The van der Waals surface area contributed by atoms with E-state index in [1.807, 2.05) is 0 Å². The van der Waals surface area contributed by atoms with Crippen molar-refractivity contribution in [2.75, 3.05) is 0 Å². The maximum Gasteiger partial charge on any atom is 0.461 e. The molecule has 1 unspecified atom stereocenters. The summed E-state index contributed by atoms with van der Waals surface area (Å²) >= 11 is 5.93. The number of nitrogens with zero attached hydrogens (tertiary/aromatic N) is 1. The van der Waals surface area contributed by atoms with Crippen molar-refractivity contribution in [3.05, 3.63) is 94.5 Å². The molecule has 0 saturated heterocycles. The van der Waals surface area contributed by atoms with E-state index in [2.05, 4.69) is 15.0 Å². The van der Waals surface area contributed by atoms with Gasteiger partial charge >= 0.3 is 12.5 Å². The van der Waals surface area contributed by atoms with E-state index < -0.39 is 48.1 Å². The topological polar surface area (TPSA) is 71.5 Å². The summed E-state index contributed by atoms with van der Waals surface area (Å²) in [6.07, 6.45) is -9.11. The lowest BCUT2D eigenvalue weighted by atomic mass is 9.83. The van der Waals surface area contributed by atoms with Crippen molar-refractivity contribution in [3.63, 3.8) is 0 Å². The maximum atomic E-state index is 14.5. The Balaban J connectivity index is 2.18. The number of aromatic nitrogens is 1. The lowest BCUT2D eigenvalue weighted by Gasteiger charge is -2.30. The standard InChI is InChI=1S/C24H20ClF5N2O3/c1-13(33)22(34)32-21(19-8-7-16(25)12-31-19)20(14-5-3-2-4-6-14)15-9-17(26)11-18(10-15)35-24(29,30)23(27)28/h2-13,20-21,23,33H,1H3,(H,32,34)/t13-,20?,21+/m0/s1. The molecule has 35 heavy (non-hydrogen) atoms. The fourth-order valence-corrected chi connectivity index (χ4v) is 3.55. The van der Waals surface area contributed by atoms with Gasteiger partial charge in [0.15, 0.2) is 0 Å². The normalized spacial score (nSPS) is 14.3. The minimum atomic E-state index is -4.86. The number of hydrogen-bond donors (Lipinski definition) is 2. The number of halogens is 6. The zero-order valence-electron chi connectivity index (χ0n) is 18.1. The quantitative estimate of drug-likeness (QED) is 0.371. The van der Waals surface area contributed by atoms with E-state index in [-0.39, 0.29) is 11.3 Å². The lowest BCUT2D eigenvalue weighted by molar-refractivity contribution is -0.253. The highest BCUT2D eigenvalue weighted by atomic mass is 35.5. The minimum absolute atomic E-state index is 0.0175. The summed E-state index contributed by atoms with van der Waals surface area (Å²) < 4.78 is 71.0. The van der Waals surface area contributed by atoms with Gasteiger partial charge in [-0.05, 0) is 42.3 Å². The molecule has 2 N–H and O–H groups in total. The minimum Gasteiger partial charge on any atom is -0.428 e. The van der Waals surface area contributed by atoms with E-state index in [1.54, 1.807) is 30.3 Å². The third kappa shape index (κ3) is 6.67. The van der Waals surface area contributed by atoms with Crippen molar-refractivity contribution in [3.8, 4) is 5.75 Å². The molecule has 3 atom stereocenters. The molecule has 0 bridgehead atoms. The number of nitrogens with one attached hydrogen (secondary N) is 1. The summed E-state index contributed by atoms with van der Waals surface area (Å²) in [5.41, 5.74) is 0.767. The summed E-state index contributed by atoms with van der Waals surface area (Å²) in [6, 6.07) is 12.8. The number of carbonyl (C=O) groups excluding carboxylic acids is 1. The number of rotatable bonds is 9. The van der Waals surface area contributed by atoms with Crippen molar-refractivity contribution in [1.29, 1.82) is 0 Å². The molecule has 0 spiro atoms. The van der Waals surface area contributed by atoms with Crippen molar-refractivity contribution in [1.82, 2.24) is 10.3 Å². The van der Waals surface area contributed by atoms with Crippen molar-refractivity contribution >= 4 is 17.5 Å². The number of aliphatic hydroxyl groups excluding tert-OH is 1. The van der Waals surface area contributed by atoms with Gasteiger partial charge in [-0.2, -0.15) is 17.6 Å². The number of hydrogen-bond acceptors (Lipinski definition) is 4. The zero-order chi connectivity index (χ0) is 25.8. The molecule has 0 saturated carbocycles. The Labute approximate surface area is 202 Å². The molecule has 0 aliphatic heterocycles. The smallest absolute Gasteiger partial charge is 0.428 e. The Kier molecular flexibility index (Phi) is 8.29. The predicted octanol–water partition coefficient (Wildman–Crippen LogP) is 5.48. The van der Waals surface area contributed by atoms with Gasteiger partial charge in [-0.15, -0.1) is 0 Å². The van der Waals surface area contributed by atoms with Gasteiger partial charge < -0.3 is 15.2 Å². The molecule has 0 fully saturated rings. The van der Waals surface area contributed by atoms with Crippen LogP contribution in [0.3, 0.4) is 0 Å². The average Bonchev–Trinajstić information content (AvgIpc) is 2.79. The number of carbonyl (C=O) groups is 1. The molecule has 1 amide bonds. The summed E-state index contributed by atoms with van der Waals surface area (Å²) in [4.78, 5) is 16.7. The summed E-state index contributed by atoms with van der Waals surface area (Å²) in [7, 11) is 0. The van der Waals surface area contributed by atoms with E-state index in [9.17, 15) is 31.9 Å². The Morgan fingerprint density at radius 1 is 1.09 bits per heavy atom. The van der Waals surface area contributed by atoms with Gasteiger partial charge in [0.25, 0.3) is 0 Å². The van der Waals surface area contributed by atoms with Crippen LogP contribution in [0.1, 0.15) is 35.7 Å². The highest BCUT2D eigenvalue weighted by Crippen LogP contribution is 2.39. The Morgan fingerprint density at radius 3 is 2.34 bits per heavy atom. The van der Waals surface area contributed by atoms with Gasteiger partial charge in [0.1, 0.15) is 17.7 Å². The molecule has 0 radical (unpaired) electrons. The molecule has 1 heterocycles. The van der Waals surface area contributed by atoms with Crippen LogP contribution < -0.4 is 10.1 Å². The fourth-order valence-electron chi connectivity index (χ4n) is 3.44. The number of pyridine rings is 1. The van der Waals surface area contributed by atoms with Gasteiger partial charge in [0.2, 0.25) is 5.91 Å². The monoisotopic (exact) mass is 514 g/mol. The Hall–Kier alpha value is -3.24. The largest absolute Gasteiger partial charge is 0.461 e. The molecule has 5 nitrogen and oxygen atoms in total. The van der Waals surface area contributed by atoms with E-state index in [0.29, 0.717) is 16.7 Å². The van der Waals surface area contributed by atoms with Crippen molar-refractivity contribution < 1.29 is 36.6 Å². The SMILES string of the molecule is C[C@H](O)C(=O)N[C@H](c1ccc(Cl)cn1)C(c1ccccc1)c1cc(F)cc(OC(F)(F)C(F)F)c1. The molecule has 0 aliphatic carbocycles. The fraction of sp³-hybridized carbons (Fsp3) is 0.250. The summed E-state index contributed by atoms with van der Waals surface area (Å²) in [5, 5.41) is 12.7. The third-order valence-electron chi connectivity index (χ3n) is 5.00. The summed E-state index contributed by atoms with van der Waals surface area (Å²) in [6.45, 7) is 1.24. The highest BCUT2D eigenvalue weighted by Gasteiger charge is 2.44. The van der Waals surface area contributed by atoms with E-state index in [4.69, 9.17) is 11.6 Å². The lowest BCUT2D eigenvalue weighted by Crippen LogP contribution is -2.39. The average molecular weight is 515 g/mol. The van der Waals surface area contributed by atoms with Crippen LogP contribution in [0.2, 0.25) is 5.02 Å². The van der Waals surface area contributed by atoms with E-state index in [0.717, 1.165) is 12.1 Å². The zero-order valence-corrected chi connectivity index (χ0v) is 18.9. The van der Waals surface area contributed by atoms with Crippen LogP contribution >= 0.6 is 11.6 Å². The van der Waals surface area contributed by atoms with Crippen LogP contribution in [0.25, 0.3) is 0 Å². The second-order valence-electron chi connectivity index (χ2n) is 7.64. The van der Waals surface area contributed by atoms with Gasteiger partial charge in [0, 0.05) is 18.2 Å². The number of alkyl halides is 4. The van der Waals surface area contributed by atoms with Gasteiger partial charge in [-0.3, -0.25) is 9.78 Å². The van der Waals surface area contributed by atoms with Gasteiger partial charge in [-0.1, -0.05) is 41.9 Å². The Morgan fingerprint density at radius 2 is 1.77 bits per heavy atom. The first-order valence-corrected chi connectivity index (χ1v) is 10.7. The molecule has 1 aromatic heterocycles. The number of ether oxygens (including phenoxy) is 1. The molecule has 11 heteroatoms. The number of aliphatic hydroxyl groups is 1. The Bertz CT molecular complexity index is 1150. The third-order valence-corrected chi connectivity index (χ3v) is 5.22. The molecular weight excluding hydrogens is 495 g/mol. The van der Waals surface area contributed by atoms with Crippen LogP contribution in [-0.4, -0.2) is 34.6 Å². The second kappa shape index (κ2) is 11.0. The van der Waals surface area contributed by atoms with E-state index in [1.165, 1.54) is 25.3 Å². The van der Waals surface area contributed by atoms with Gasteiger partial charge in [-0.25, -0.2) is 4.39 Å². The molecule has 2 aromatic carbocycles. The van der Waals surface area contributed by atoms with Crippen LogP contribution in [0.4, 0.5) is 22.0 Å². The molecule has 3 rings (SSSR count). The molecule has 3 aromatic rings. The van der Waals surface area contributed by atoms with E-state index >= 15 is 0 Å². The predicted molar refractivity (Wildman–Crippen MR) is 118 cm³/mol. The molecular formula is C24H20ClF5N2O3. The van der Waals surface area contributed by atoms with Gasteiger partial charge in [0.05, 0.1) is 16.8 Å². The van der Waals surface area contributed by atoms with Crippen LogP contribution in [0, 0.1) is 5.82 Å². The number of amides is 1. The molecule has 186 valence electrons. The van der Waals surface area contributed by atoms with Crippen LogP contribution in [0.15, 0.2) is 66.9 Å². The number of benzene rings is 2. The van der Waals surface area contributed by atoms with Crippen LogP contribution in [0.5, 0.6) is 5.75 Å². The highest BCUT2D eigenvalue weighted by molar-refractivity contribution is 6.30. The second-order valence-corrected chi connectivity index (χ2v) is 8.07. The maximum absolute atomic E-state index is 14.5. The first-order chi connectivity index (χ1) is 16.5. The van der Waals surface area contributed by atoms with Crippen molar-refractivity contribution in [2.24, 2.45) is 0 Å². The van der Waals surface area contributed by atoms with Crippen LogP contribution in [-0.2, 0) is 4.79 Å². The first-order valence-electron chi connectivity index (χ1n) is 10.3. The first kappa shape index (κ1) is 26.4. The summed E-state index contributed by atoms with van der Waals surface area (Å²) in [5.74, 6) is -3.63. The molecule has 0 aliphatic rings. The van der Waals surface area contributed by atoms with Crippen molar-refractivity contribution in [2.45, 2.75) is 37.5 Å².